The molecule has 1 aromatic carbocycles. The summed E-state index contributed by atoms with van der Waals surface area (Å²) in [7, 11) is -3.41. The molecule has 1 atom stereocenters. The lowest BCUT2D eigenvalue weighted by Gasteiger charge is -2.30. The Bertz CT molecular complexity index is 700. The van der Waals surface area contributed by atoms with Gasteiger partial charge in [0.1, 0.15) is 0 Å². The van der Waals surface area contributed by atoms with Crippen molar-refractivity contribution >= 4 is 21.7 Å². The van der Waals surface area contributed by atoms with E-state index in [2.05, 4.69) is 0 Å². The first kappa shape index (κ1) is 17.4. The molecule has 1 fully saturated rings. The van der Waals surface area contributed by atoms with E-state index in [-0.39, 0.29) is 29.1 Å². The van der Waals surface area contributed by atoms with Crippen molar-refractivity contribution in [1.82, 2.24) is 4.90 Å². The maximum atomic E-state index is 12.0. The first-order chi connectivity index (χ1) is 10.8. The monoisotopic (exact) mass is 341 g/mol. The highest BCUT2D eigenvalue weighted by Crippen LogP contribution is 2.12. The Labute approximate surface area is 135 Å². The second kappa shape index (κ2) is 7.10. The number of morpholine rings is 1. The van der Waals surface area contributed by atoms with Crippen molar-refractivity contribution in [2.24, 2.45) is 0 Å². The van der Waals surface area contributed by atoms with Gasteiger partial charge >= 0.3 is 5.97 Å². The molecule has 1 unspecified atom stereocenters. The van der Waals surface area contributed by atoms with E-state index >= 15 is 0 Å². The standard InChI is InChI=1S/C15H19NO6S/c1-11-9-16(6-7-21-11)14(17)10-22-15(18)12-4-3-5-13(8-12)23(2,19)20/h3-5,8,11H,6-7,9-10H2,1-2H3. The van der Waals surface area contributed by atoms with Crippen LogP contribution >= 0.6 is 0 Å². The summed E-state index contributed by atoms with van der Waals surface area (Å²) in [5.74, 6) is -1.03. The van der Waals surface area contributed by atoms with Crippen LogP contribution in [0, 0.1) is 0 Å². The van der Waals surface area contributed by atoms with Crippen LogP contribution in [-0.2, 0) is 24.1 Å². The van der Waals surface area contributed by atoms with Crippen LogP contribution in [0.2, 0.25) is 0 Å². The predicted molar refractivity (Wildman–Crippen MR) is 81.8 cm³/mol. The number of rotatable bonds is 4. The van der Waals surface area contributed by atoms with E-state index in [1.807, 2.05) is 6.92 Å². The summed E-state index contributed by atoms with van der Waals surface area (Å²) < 4.78 is 33.3. The third-order valence-corrected chi connectivity index (χ3v) is 4.53. The Morgan fingerprint density at radius 1 is 1.39 bits per heavy atom. The fraction of sp³-hybridized carbons (Fsp3) is 0.467. The van der Waals surface area contributed by atoms with Crippen LogP contribution < -0.4 is 0 Å². The summed E-state index contributed by atoms with van der Waals surface area (Å²) in [5, 5.41) is 0. The summed E-state index contributed by atoms with van der Waals surface area (Å²) in [4.78, 5) is 25.6. The normalized spacial score (nSPS) is 18.5. The molecule has 0 spiro atoms. The molecular weight excluding hydrogens is 322 g/mol. The van der Waals surface area contributed by atoms with E-state index in [1.54, 1.807) is 4.90 Å². The Morgan fingerprint density at radius 3 is 2.78 bits per heavy atom. The number of carbonyl (C=O) groups excluding carboxylic acids is 2. The Hall–Kier alpha value is -1.93. The van der Waals surface area contributed by atoms with Crippen molar-refractivity contribution in [1.29, 1.82) is 0 Å². The number of amides is 1. The molecule has 7 nitrogen and oxygen atoms in total. The van der Waals surface area contributed by atoms with Gasteiger partial charge in [-0.15, -0.1) is 0 Å². The highest BCUT2D eigenvalue weighted by Gasteiger charge is 2.22. The van der Waals surface area contributed by atoms with E-state index in [4.69, 9.17) is 9.47 Å². The van der Waals surface area contributed by atoms with Gasteiger partial charge in [0.15, 0.2) is 16.4 Å². The number of nitrogens with zero attached hydrogens (tertiary/aromatic N) is 1. The minimum absolute atomic E-state index is 0.0280. The molecule has 1 aliphatic heterocycles. The van der Waals surface area contributed by atoms with E-state index < -0.39 is 15.8 Å². The van der Waals surface area contributed by atoms with Gasteiger partial charge in [0.05, 0.1) is 23.2 Å². The fourth-order valence-electron chi connectivity index (χ4n) is 2.20. The predicted octanol–water partition coefficient (Wildman–Crippen LogP) is 0.494. The van der Waals surface area contributed by atoms with Gasteiger partial charge in [-0.2, -0.15) is 0 Å². The molecule has 23 heavy (non-hydrogen) atoms. The highest BCUT2D eigenvalue weighted by molar-refractivity contribution is 7.90. The molecule has 1 aliphatic rings. The van der Waals surface area contributed by atoms with Crippen LogP contribution in [0.15, 0.2) is 29.2 Å². The van der Waals surface area contributed by atoms with Crippen molar-refractivity contribution in [3.05, 3.63) is 29.8 Å². The minimum Gasteiger partial charge on any atom is -0.452 e. The van der Waals surface area contributed by atoms with Gasteiger partial charge in [-0.1, -0.05) is 6.07 Å². The molecule has 0 N–H and O–H groups in total. The summed E-state index contributed by atoms with van der Waals surface area (Å²) in [5.41, 5.74) is 0.0936. The maximum Gasteiger partial charge on any atom is 0.338 e. The average Bonchev–Trinajstić information content (AvgIpc) is 2.51. The quantitative estimate of drug-likeness (QED) is 0.741. The summed E-state index contributed by atoms with van der Waals surface area (Å²) in [6, 6.07) is 5.53. The van der Waals surface area contributed by atoms with Gasteiger partial charge < -0.3 is 14.4 Å². The van der Waals surface area contributed by atoms with Crippen LogP contribution in [0.5, 0.6) is 0 Å². The molecule has 8 heteroatoms. The summed E-state index contributed by atoms with van der Waals surface area (Å²) in [6.45, 7) is 2.86. The molecule has 0 aromatic heterocycles. The van der Waals surface area contributed by atoms with Crippen LogP contribution in [0.4, 0.5) is 0 Å². The van der Waals surface area contributed by atoms with Crippen LogP contribution in [0.25, 0.3) is 0 Å². The van der Waals surface area contributed by atoms with E-state index in [0.29, 0.717) is 19.7 Å². The maximum absolute atomic E-state index is 12.0. The van der Waals surface area contributed by atoms with Gasteiger partial charge in [0, 0.05) is 19.3 Å². The van der Waals surface area contributed by atoms with Crippen molar-refractivity contribution in [3.8, 4) is 0 Å². The van der Waals surface area contributed by atoms with Crippen molar-refractivity contribution in [2.45, 2.75) is 17.9 Å². The third-order valence-electron chi connectivity index (χ3n) is 3.42. The zero-order valence-electron chi connectivity index (χ0n) is 13.0. The summed E-state index contributed by atoms with van der Waals surface area (Å²) >= 11 is 0. The SMILES string of the molecule is CC1CN(C(=O)COC(=O)c2cccc(S(C)(=O)=O)c2)CCO1. The van der Waals surface area contributed by atoms with Crippen molar-refractivity contribution in [3.63, 3.8) is 0 Å². The van der Waals surface area contributed by atoms with Crippen LogP contribution in [0.3, 0.4) is 0 Å². The Morgan fingerprint density at radius 2 is 2.13 bits per heavy atom. The fourth-order valence-corrected chi connectivity index (χ4v) is 2.87. The Balaban J connectivity index is 1.96. The number of benzene rings is 1. The molecule has 1 saturated heterocycles. The number of sulfone groups is 1. The lowest BCUT2D eigenvalue weighted by molar-refractivity contribution is -0.141. The summed E-state index contributed by atoms with van der Waals surface area (Å²) in [6.07, 6.45) is 1.01. The lowest BCUT2D eigenvalue weighted by Crippen LogP contribution is -2.46. The number of esters is 1. The van der Waals surface area contributed by atoms with Gasteiger partial charge in [-0.05, 0) is 25.1 Å². The van der Waals surface area contributed by atoms with Crippen LogP contribution in [0.1, 0.15) is 17.3 Å². The molecule has 126 valence electrons. The Kier molecular flexibility index (Phi) is 5.38. The first-order valence-electron chi connectivity index (χ1n) is 7.14. The van der Waals surface area contributed by atoms with Gasteiger partial charge in [-0.3, -0.25) is 4.79 Å². The van der Waals surface area contributed by atoms with E-state index in [0.717, 1.165) is 6.26 Å². The molecule has 0 radical (unpaired) electrons. The molecule has 0 bridgehead atoms. The van der Waals surface area contributed by atoms with Gasteiger partial charge in [-0.25, -0.2) is 13.2 Å². The molecule has 2 rings (SSSR count). The molecule has 1 aromatic rings. The topological polar surface area (TPSA) is 90.0 Å². The number of ether oxygens (including phenoxy) is 2. The molecule has 1 heterocycles. The van der Waals surface area contributed by atoms with E-state index in [1.165, 1.54) is 24.3 Å². The second-order valence-electron chi connectivity index (χ2n) is 5.40. The van der Waals surface area contributed by atoms with Gasteiger partial charge in [0.2, 0.25) is 0 Å². The smallest absolute Gasteiger partial charge is 0.338 e. The third kappa shape index (κ3) is 4.77. The molecule has 0 aliphatic carbocycles. The largest absolute Gasteiger partial charge is 0.452 e. The number of carbonyl (C=O) groups is 2. The molecule has 1 amide bonds. The number of hydrogen-bond acceptors (Lipinski definition) is 6. The highest BCUT2D eigenvalue weighted by atomic mass is 32.2. The molecular formula is C15H19NO6S. The number of hydrogen-bond donors (Lipinski definition) is 0. The van der Waals surface area contributed by atoms with Gasteiger partial charge in [0.25, 0.3) is 5.91 Å². The van der Waals surface area contributed by atoms with Crippen molar-refractivity contribution < 1.29 is 27.5 Å². The lowest BCUT2D eigenvalue weighted by atomic mass is 10.2. The zero-order chi connectivity index (χ0) is 17.0. The van der Waals surface area contributed by atoms with E-state index in [9.17, 15) is 18.0 Å². The average molecular weight is 341 g/mol. The minimum atomic E-state index is -3.41. The zero-order valence-corrected chi connectivity index (χ0v) is 13.8. The van der Waals surface area contributed by atoms with Crippen molar-refractivity contribution in [2.75, 3.05) is 32.6 Å². The molecule has 0 saturated carbocycles. The van der Waals surface area contributed by atoms with Crippen LogP contribution in [-0.4, -0.2) is 63.9 Å². The first-order valence-corrected chi connectivity index (χ1v) is 9.03. The second-order valence-corrected chi connectivity index (χ2v) is 7.41.